The maximum absolute atomic E-state index is 13.2. The zero-order chi connectivity index (χ0) is 19.6. The van der Waals surface area contributed by atoms with Gasteiger partial charge in [-0.3, -0.25) is 14.4 Å². The van der Waals surface area contributed by atoms with Gasteiger partial charge in [0.2, 0.25) is 17.7 Å². The number of hydrogen-bond donors (Lipinski definition) is 3. The van der Waals surface area contributed by atoms with Crippen LogP contribution in [-0.4, -0.2) is 17.7 Å². The second-order valence-corrected chi connectivity index (χ2v) is 6.73. The largest absolute Gasteiger partial charge is 0.326 e. The molecule has 3 rings (SSSR count). The lowest BCUT2D eigenvalue weighted by Crippen LogP contribution is -2.20. The van der Waals surface area contributed by atoms with Gasteiger partial charge in [0.1, 0.15) is 5.82 Å². The summed E-state index contributed by atoms with van der Waals surface area (Å²) in [5.74, 6) is -2.26. The minimum Gasteiger partial charge on any atom is -0.326 e. The van der Waals surface area contributed by atoms with E-state index >= 15 is 0 Å². The quantitative estimate of drug-likeness (QED) is 0.729. The van der Waals surface area contributed by atoms with E-state index in [1.807, 2.05) is 0 Å². The van der Waals surface area contributed by atoms with Crippen molar-refractivity contribution in [2.75, 3.05) is 16.0 Å². The standard InChI is InChI=1S/C19H17ClFN3O3/c1-10(25)22-11-3-2-4-12(7-11)23-18(26)14-9-15(14)19(27)24-13-5-6-17(21)16(20)8-13/h2-8,14-15H,9H2,1H3,(H,22,25)(H,23,26)(H,24,27). The lowest BCUT2D eigenvalue weighted by Gasteiger charge is -2.08. The van der Waals surface area contributed by atoms with E-state index in [-0.39, 0.29) is 22.7 Å². The van der Waals surface area contributed by atoms with Crippen molar-refractivity contribution in [2.45, 2.75) is 13.3 Å². The molecule has 2 unspecified atom stereocenters. The summed E-state index contributed by atoms with van der Waals surface area (Å²) < 4.78 is 13.2. The van der Waals surface area contributed by atoms with Crippen LogP contribution in [0.3, 0.4) is 0 Å². The fourth-order valence-corrected chi connectivity index (χ4v) is 2.88. The van der Waals surface area contributed by atoms with E-state index < -0.39 is 17.7 Å². The van der Waals surface area contributed by atoms with Crippen LogP contribution in [0.25, 0.3) is 0 Å². The molecule has 140 valence electrons. The third-order valence-corrected chi connectivity index (χ3v) is 4.39. The SMILES string of the molecule is CC(=O)Nc1cccc(NC(=O)C2CC2C(=O)Nc2ccc(F)c(Cl)c2)c1. The second kappa shape index (κ2) is 7.75. The van der Waals surface area contributed by atoms with Crippen LogP contribution in [0.1, 0.15) is 13.3 Å². The molecule has 2 atom stereocenters. The molecule has 1 saturated carbocycles. The average molecular weight is 390 g/mol. The predicted octanol–water partition coefficient (Wildman–Crippen LogP) is 3.65. The summed E-state index contributed by atoms with van der Waals surface area (Å²) in [5, 5.41) is 7.92. The third-order valence-electron chi connectivity index (χ3n) is 4.10. The van der Waals surface area contributed by atoms with Crippen LogP contribution in [0.2, 0.25) is 5.02 Å². The Balaban J connectivity index is 1.56. The van der Waals surface area contributed by atoms with Crippen molar-refractivity contribution in [1.29, 1.82) is 0 Å². The third kappa shape index (κ3) is 4.83. The molecule has 3 N–H and O–H groups in total. The molecule has 0 aliphatic heterocycles. The Hall–Kier alpha value is -2.93. The Labute approximate surface area is 160 Å². The number of hydrogen-bond acceptors (Lipinski definition) is 3. The van der Waals surface area contributed by atoms with Gasteiger partial charge < -0.3 is 16.0 Å². The summed E-state index contributed by atoms with van der Waals surface area (Å²) in [6.07, 6.45) is 0.429. The predicted molar refractivity (Wildman–Crippen MR) is 101 cm³/mol. The van der Waals surface area contributed by atoms with Crippen LogP contribution in [0.4, 0.5) is 21.5 Å². The van der Waals surface area contributed by atoms with E-state index in [0.29, 0.717) is 23.5 Å². The zero-order valence-corrected chi connectivity index (χ0v) is 15.1. The van der Waals surface area contributed by atoms with Crippen molar-refractivity contribution in [2.24, 2.45) is 11.8 Å². The summed E-state index contributed by atoms with van der Waals surface area (Å²) >= 11 is 5.69. The minimum absolute atomic E-state index is 0.0862. The average Bonchev–Trinajstić information content (AvgIpc) is 3.39. The Morgan fingerprint density at radius 1 is 0.926 bits per heavy atom. The highest BCUT2D eigenvalue weighted by molar-refractivity contribution is 6.31. The molecule has 1 aliphatic rings. The van der Waals surface area contributed by atoms with Gasteiger partial charge in [-0.2, -0.15) is 0 Å². The van der Waals surface area contributed by atoms with Crippen molar-refractivity contribution < 1.29 is 18.8 Å². The van der Waals surface area contributed by atoms with Crippen molar-refractivity contribution in [1.82, 2.24) is 0 Å². The lowest BCUT2D eigenvalue weighted by atomic mass is 10.2. The molecule has 27 heavy (non-hydrogen) atoms. The Kier molecular flexibility index (Phi) is 5.41. The first kappa shape index (κ1) is 18.8. The first-order chi connectivity index (χ1) is 12.8. The van der Waals surface area contributed by atoms with E-state index in [9.17, 15) is 18.8 Å². The van der Waals surface area contributed by atoms with Gasteiger partial charge in [0, 0.05) is 24.0 Å². The molecule has 0 saturated heterocycles. The van der Waals surface area contributed by atoms with Crippen LogP contribution < -0.4 is 16.0 Å². The monoisotopic (exact) mass is 389 g/mol. The zero-order valence-electron chi connectivity index (χ0n) is 14.4. The van der Waals surface area contributed by atoms with Gasteiger partial charge in [0.05, 0.1) is 16.9 Å². The first-order valence-corrected chi connectivity index (χ1v) is 8.65. The lowest BCUT2D eigenvalue weighted by molar-refractivity contribution is -0.122. The number of amides is 3. The molecule has 6 nitrogen and oxygen atoms in total. The maximum Gasteiger partial charge on any atom is 0.228 e. The van der Waals surface area contributed by atoms with E-state index in [1.165, 1.54) is 19.1 Å². The van der Waals surface area contributed by atoms with Gasteiger partial charge in [-0.25, -0.2) is 4.39 Å². The molecular weight excluding hydrogens is 373 g/mol. The molecule has 1 aliphatic carbocycles. The fourth-order valence-electron chi connectivity index (χ4n) is 2.70. The van der Waals surface area contributed by atoms with E-state index in [4.69, 9.17) is 11.6 Å². The van der Waals surface area contributed by atoms with Crippen LogP contribution in [0.5, 0.6) is 0 Å². The van der Waals surface area contributed by atoms with Gasteiger partial charge in [-0.15, -0.1) is 0 Å². The van der Waals surface area contributed by atoms with Crippen LogP contribution >= 0.6 is 11.6 Å². The Morgan fingerprint density at radius 3 is 2.04 bits per heavy atom. The van der Waals surface area contributed by atoms with Crippen LogP contribution in [-0.2, 0) is 14.4 Å². The van der Waals surface area contributed by atoms with Crippen molar-refractivity contribution >= 4 is 46.4 Å². The smallest absolute Gasteiger partial charge is 0.228 e. The van der Waals surface area contributed by atoms with Gasteiger partial charge >= 0.3 is 0 Å². The molecular formula is C19H17ClFN3O3. The van der Waals surface area contributed by atoms with Gasteiger partial charge in [0.15, 0.2) is 0 Å². The summed E-state index contributed by atoms with van der Waals surface area (Å²) in [6.45, 7) is 1.40. The number of carbonyl (C=O) groups excluding carboxylic acids is 3. The number of nitrogens with one attached hydrogen (secondary N) is 3. The van der Waals surface area contributed by atoms with Crippen LogP contribution in [0.15, 0.2) is 42.5 Å². The van der Waals surface area contributed by atoms with Gasteiger partial charge in [-0.1, -0.05) is 17.7 Å². The second-order valence-electron chi connectivity index (χ2n) is 6.32. The minimum atomic E-state index is -0.570. The van der Waals surface area contributed by atoms with Gasteiger partial charge in [-0.05, 0) is 42.8 Å². The van der Waals surface area contributed by atoms with Crippen molar-refractivity contribution in [3.8, 4) is 0 Å². The van der Waals surface area contributed by atoms with Crippen molar-refractivity contribution in [3.63, 3.8) is 0 Å². The Morgan fingerprint density at radius 2 is 1.48 bits per heavy atom. The summed E-state index contributed by atoms with van der Waals surface area (Å²) in [6, 6.07) is 10.6. The topological polar surface area (TPSA) is 87.3 Å². The summed E-state index contributed by atoms with van der Waals surface area (Å²) in [7, 11) is 0. The Bertz CT molecular complexity index is 919. The number of benzene rings is 2. The maximum atomic E-state index is 13.2. The number of halogens is 2. The van der Waals surface area contributed by atoms with Gasteiger partial charge in [0.25, 0.3) is 0 Å². The number of rotatable bonds is 5. The fraction of sp³-hybridized carbons (Fsp3) is 0.211. The molecule has 8 heteroatoms. The normalized spacial score (nSPS) is 17.7. The summed E-state index contributed by atoms with van der Waals surface area (Å²) in [5.41, 5.74) is 1.47. The van der Waals surface area contributed by atoms with Crippen molar-refractivity contribution in [3.05, 3.63) is 53.3 Å². The summed E-state index contributed by atoms with van der Waals surface area (Å²) in [4.78, 5) is 35.7. The molecule has 0 heterocycles. The molecule has 0 spiro atoms. The first-order valence-electron chi connectivity index (χ1n) is 8.28. The molecule has 2 aromatic rings. The molecule has 1 fully saturated rings. The molecule has 3 amide bonds. The molecule has 2 aromatic carbocycles. The van der Waals surface area contributed by atoms with E-state index in [2.05, 4.69) is 16.0 Å². The molecule has 0 radical (unpaired) electrons. The molecule has 0 aromatic heterocycles. The number of anilines is 3. The highest BCUT2D eigenvalue weighted by Crippen LogP contribution is 2.40. The van der Waals surface area contributed by atoms with Crippen LogP contribution in [0, 0.1) is 17.7 Å². The van der Waals surface area contributed by atoms with E-state index in [1.54, 1.807) is 24.3 Å². The molecule has 0 bridgehead atoms. The number of carbonyl (C=O) groups is 3. The highest BCUT2D eigenvalue weighted by Gasteiger charge is 2.48. The van der Waals surface area contributed by atoms with E-state index in [0.717, 1.165) is 6.07 Å². The highest BCUT2D eigenvalue weighted by atomic mass is 35.5.